The Hall–Kier alpha value is -2.42. The van der Waals surface area contributed by atoms with Crippen molar-refractivity contribution in [2.24, 2.45) is 0 Å². The molecule has 0 spiro atoms. The summed E-state index contributed by atoms with van der Waals surface area (Å²) < 4.78 is 4.96. The minimum absolute atomic E-state index is 0.267. The van der Waals surface area contributed by atoms with E-state index in [2.05, 4.69) is 23.2 Å². The third-order valence-electron chi connectivity index (χ3n) is 3.09. The largest absolute Gasteiger partial charge is 0.463 e. The molecule has 0 unspecified atom stereocenters. The van der Waals surface area contributed by atoms with Gasteiger partial charge in [-0.25, -0.2) is 4.79 Å². The Morgan fingerprint density at radius 2 is 1.95 bits per heavy atom. The maximum absolute atomic E-state index is 11.6. The maximum atomic E-state index is 11.6. The van der Waals surface area contributed by atoms with Crippen LogP contribution in [0.3, 0.4) is 0 Å². The van der Waals surface area contributed by atoms with Gasteiger partial charge in [-0.2, -0.15) is 0 Å². The first kappa shape index (κ1) is 15.0. The summed E-state index contributed by atoms with van der Waals surface area (Å²) >= 11 is 0. The Labute approximate surface area is 125 Å². The Balaban J connectivity index is 2.05. The summed E-state index contributed by atoms with van der Waals surface area (Å²) in [5, 5.41) is 0. The average molecular weight is 281 g/mol. The Morgan fingerprint density at radius 1 is 1.19 bits per heavy atom. The van der Waals surface area contributed by atoms with Crippen molar-refractivity contribution in [1.82, 2.24) is 4.98 Å². The molecule has 108 valence electrons. The van der Waals surface area contributed by atoms with E-state index in [0.717, 1.165) is 12.0 Å². The molecule has 2 aromatic rings. The van der Waals surface area contributed by atoms with Crippen molar-refractivity contribution >= 4 is 12.0 Å². The molecular weight excluding hydrogens is 262 g/mol. The fourth-order valence-electron chi connectivity index (χ4n) is 2.02. The lowest BCUT2D eigenvalue weighted by Gasteiger charge is -2.04. The molecule has 21 heavy (non-hydrogen) atoms. The van der Waals surface area contributed by atoms with Crippen molar-refractivity contribution in [1.29, 1.82) is 0 Å². The van der Waals surface area contributed by atoms with E-state index in [-0.39, 0.29) is 5.97 Å². The van der Waals surface area contributed by atoms with Gasteiger partial charge in [0.1, 0.15) is 0 Å². The molecule has 0 amide bonds. The lowest BCUT2D eigenvalue weighted by Crippen LogP contribution is -2.04. The second kappa shape index (κ2) is 7.39. The van der Waals surface area contributed by atoms with Gasteiger partial charge in [0.15, 0.2) is 0 Å². The maximum Gasteiger partial charge on any atom is 0.333 e. The molecule has 2 rings (SSSR count). The summed E-state index contributed by atoms with van der Waals surface area (Å²) in [6.07, 6.45) is 6.34. The van der Waals surface area contributed by atoms with Crippen LogP contribution in [0.5, 0.6) is 0 Å². The van der Waals surface area contributed by atoms with Crippen molar-refractivity contribution < 1.29 is 9.53 Å². The molecule has 0 N–H and O–H groups in total. The molecule has 0 atom stereocenters. The summed E-state index contributed by atoms with van der Waals surface area (Å²) in [5.41, 5.74) is 4.00. The van der Waals surface area contributed by atoms with E-state index in [9.17, 15) is 4.79 Å². The molecule has 3 nitrogen and oxygen atoms in total. The van der Waals surface area contributed by atoms with Gasteiger partial charge < -0.3 is 4.74 Å². The second-order valence-electron chi connectivity index (χ2n) is 4.83. The van der Waals surface area contributed by atoms with Crippen LogP contribution < -0.4 is 0 Å². The lowest BCUT2D eigenvalue weighted by molar-refractivity contribution is -0.138. The van der Waals surface area contributed by atoms with Crippen LogP contribution in [-0.2, 0) is 16.0 Å². The molecular formula is C18H19NO2. The van der Waals surface area contributed by atoms with Gasteiger partial charge in [-0.3, -0.25) is 4.98 Å². The van der Waals surface area contributed by atoms with E-state index >= 15 is 0 Å². The van der Waals surface area contributed by atoms with Gasteiger partial charge in [-0.15, -0.1) is 0 Å². The second-order valence-corrected chi connectivity index (χ2v) is 4.83. The quantitative estimate of drug-likeness (QED) is 0.620. The number of ether oxygens (including phenoxy) is 1. The topological polar surface area (TPSA) is 39.2 Å². The van der Waals surface area contributed by atoms with Crippen LogP contribution in [0.2, 0.25) is 0 Å². The van der Waals surface area contributed by atoms with E-state index in [0.29, 0.717) is 12.2 Å². The van der Waals surface area contributed by atoms with Crippen molar-refractivity contribution in [3.05, 3.63) is 71.1 Å². The molecule has 0 bridgehead atoms. The highest BCUT2D eigenvalue weighted by Gasteiger charge is 2.04. The minimum Gasteiger partial charge on any atom is -0.463 e. The number of esters is 1. The number of benzene rings is 1. The number of nitrogens with zero attached hydrogens (tertiary/aromatic N) is 1. The first-order chi connectivity index (χ1) is 10.2. The SMILES string of the molecule is CCOC(=O)/C(C)=C/c1ccc(Cc2cccnc2)cc1. The number of hydrogen-bond donors (Lipinski definition) is 0. The van der Waals surface area contributed by atoms with Crippen LogP contribution >= 0.6 is 0 Å². The van der Waals surface area contributed by atoms with Gasteiger partial charge in [0.05, 0.1) is 6.61 Å². The molecule has 0 saturated heterocycles. The fraction of sp³-hybridized carbons (Fsp3) is 0.222. The smallest absolute Gasteiger partial charge is 0.333 e. The van der Waals surface area contributed by atoms with Crippen LogP contribution in [0.25, 0.3) is 6.08 Å². The predicted octanol–water partition coefficient (Wildman–Crippen LogP) is 3.64. The number of aromatic nitrogens is 1. The van der Waals surface area contributed by atoms with Gasteiger partial charge in [-0.05, 0) is 49.1 Å². The first-order valence-corrected chi connectivity index (χ1v) is 7.02. The van der Waals surface area contributed by atoms with Crippen LogP contribution in [0.4, 0.5) is 0 Å². The zero-order valence-corrected chi connectivity index (χ0v) is 12.4. The summed E-state index contributed by atoms with van der Waals surface area (Å²) in [4.78, 5) is 15.7. The van der Waals surface area contributed by atoms with Crippen molar-refractivity contribution in [2.45, 2.75) is 20.3 Å². The summed E-state index contributed by atoms with van der Waals surface area (Å²) in [6, 6.07) is 12.2. The van der Waals surface area contributed by atoms with Crippen LogP contribution in [0, 0.1) is 0 Å². The Kier molecular flexibility index (Phi) is 5.27. The monoisotopic (exact) mass is 281 g/mol. The standard InChI is InChI=1S/C18H19NO2/c1-3-21-18(20)14(2)11-15-6-8-16(9-7-15)12-17-5-4-10-19-13-17/h4-11,13H,3,12H2,1-2H3/b14-11+. The Bertz CT molecular complexity index is 615. The van der Waals surface area contributed by atoms with E-state index in [1.165, 1.54) is 11.1 Å². The molecule has 0 aliphatic heterocycles. The lowest BCUT2D eigenvalue weighted by atomic mass is 10.0. The predicted molar refractivity (Wildman–Crippen MR) is 83.8 cm³/mol. The normalized spacial score (nSPS) is 11.2. The summed E-state index contributed by atoms with van der Waals surface area (Å²) in [5.74, 6) is -0.267. The van der Waals surface area contributed by atoms with Crippen molar-refractivity contribution in [2.75, 3.05) is 6.61 Å². The van der Waals surface area contributed by atoms with Crippen LogP contribution in [-0.4, -0.2) is 17.6 Å². The molecule has 0 fully saturated rings. The molecule has 0 aliphatic rings. The van der Waals surface area contributed by atoms with E-state index in [4.69, 9.17) is 4.74 Å². The van der Waals surface area contributed by atoms with Gasteiger partial charge in [0, 0.05) is 18.0 Å². The highest BCUT2D eigenvalue weighted by atomic mass is 16.5. The molecule has 0 aliphatic carbocycles. The zero-order valence-electron chi connectivity index (χ0n) is 12.4. The van der Waals surface area contributed by atoms with E-state index in [1.807, 2.05) is 30.5 Å². The summed E-state index contributed by atoms with van der Waals surface area (Å²) in [6.45, 7) is 3.97. The van der Waals surface area contributed by atoms with Crippen LogP contribution in [0.15, 0.2) is 54.4 Å². The molecule has 1 aromatic carbocycles. The third-order valence-corrected chi connectivity index (χ3v) is 3.09. The number of hydrogen-bond acceptors (Lipinski definition) is 3. The molecule has 0 saturated carbocycles. The highest BCUT2D eigenvalue weighted by Crippen LogP contribution is 2.13. The zero-order chi connectivity index (χ0) is 15.1. The van der Waals surface area contributed by atoms with E-state index in [1.54, 1.807) is 20.0 Å². The summed E-state index contributed by atoms with van der Waals surface area (Å²) in [7, 11) is 0. The van der Waals surface area contributed by atoms with Crippen molar-refractivity contribution in [3.63, 3.8) is 0 Å². The average Bonchev–Trinajstić information content (AvgIpc) is 2.50. The van der Waals surface area contributed by atoms with Gasteiger partial charge in [0.2, 0.25) is 0 Å². The first-order valence-electron chi connectivity index (χ1n) is 7.02. The molecule has 1 heterocycles. The number of carbonyl (C=O) groups is 1. The molecule has 3 heteroatoms. The fourth-order valence-corrected chi connectivity index (χ4v) is 2.02. The van der Waals surface area contributed by atoms with Crippen molar-refractivity contribution in [3.8, 4) is 0 Å². The van der Waals surface area contributed by atoms with Gasteiger partial charge in [-0.1, -0.05) is 30.3 Å². The minimum atomic E-state index is -0.267. The number of pyridine rings is 1. The Morgan fingerprint density at radius 3 is 2.57 bits per heavy atom. The van der Waals surface area contributed by atoms with Gasteiger partial charge in [0.25, 0.3) is 0 Å². The third kappa shape index (κ3) is 4.56. The van der Waals surface area contributed by atoms with Crippen LogP contribution in [0.1, 0.15) is 30.5 Å². The molecule has 0 radical (unpaired) electrons. The highest BCUT2D eigenvalue weighted by molar-refractivity contribution is 5.92. The number of rotatable bonds is 5. The molecule has 1 aromatic heterocycles. The number of carbonyl (C=O) groups excluding carboxylic acids is 1. The van der Waals surface area contributed by atoms with E-state index < -0.39 is 0 Å². The van der Waals surface area contributed by atoms with Gasteiger partial charge >= 0.3 is 5.97 Å².